The molecule has 28 heavy (non-hydrogen) atoms. The largest absolute Gasteiger partial charge is 0.446 e. The van der Waals surface area contributed by atoms with Crippen LogP contribution in [-0.2, 0) is 17.0 Å². The molecule has 0 atom stereocenters. The number of nitrogen functional groups attached to an aromatic ring is 1. The van der Waals surface area contributed by atoms with Crippen LogP contribution in [0, 0.1) is 11.3 Å². The Morgan fingerprint density at radius 3 is 2.36 bits per heavy atom. The van der Waals surface area contributed by atoms with Gasteiger partial charge in [0, 0.05) is 0 Å². The summed E-state index contributed by atoms with van der Waals surface area (Å²) in [5, 5.41) is 10.7. The molecule has 3 rings (SSSR count). The molecule has 0 saturated heterocycles. The monoisotopic (exact) mass is 466 g/mol. The van der Waals surface area contributed by atoms with Crippen LogP contribution in [-0.4, -0.2) is 15.3 Å². The molecule has 2 heterocycles. The van der Waals surface area contributed by atoms with Crippen LogP contribution in [0.3, 0.4) is 0 Å². The predicted octanol–water partition coefficient (Wildman–Crippen LogP) is 5.37. The highest BCUT2D eigenvalue weighted by Gasteiger charge is 2.59. The van der Waals surface area contributed by atoms with Gasteiger partial charge in [-0.05, 0) is 17.8 Å². The number of nitrogens with two attached hydrogens (primary N) is 1. The number of nitriles is 1. The van der Waals surface area contributed by atoms with E-state index in [0.717, 1.165) is 0 Å². The standard InChI is InChI=1S/C13H3Cl2F7N4OS/c14-4-1-3-6(12(18,19)27-11(3,16)17)7(15)8(4)26-10(24)9(5(2-23)25-26)28-13(20,21)22/h1H,24H2. The second-order valence-electron chi connectivity index (χ2n) is 5.21. The van der Waals surface area contributed by atoms with Crippen LogP contribution < -0.4 is 5.73 Å². The Labute approximate surface area is 164 Å². The van der Waals surface area contributed by atoms with E-state index in [9.17, 15) is 30.7 Å². The molecular weight excluding hydrogens is 464 g/mol. The van der Waals surface area contributed by atoms with E-state index in [1.165, 1.54) is 6.07 Å². The normalized spacial score (nSPS) is 17.4. The molecule has 0 fully saturated rings. The molecule has 0 amide bonds. The van der Waals surface area contributed by atoms with Gasteiger partial charge in [0.25, 0.3) is 0 Å². The Morgan fingerprint density at radius 1 is 1.21 bits per heavy atom. The van der Waals surface area contributed by atoms with Crippen LogP contribution in [0.25, 0.3) is 5.69 Å². The predicted molar refractivity (Wildman–Crippen MR) is 83.5 cm³/mol. The third-order valence-electron chi connectivity index (χ3n) is 3.47. The number of halogens is 9. The van der Waals surface area contributed by atoms with Crippen molar-refractivity contribution >= 4 is 40.8 Å². The number of rotatable bonds is 2. The van der Waals surface area contributed by atoms with Crippen LogP contribution in [0.1, 0.15) is 16.8 Å². The molecule has 1 aromatic heterocycles. The minimum Gasteiger partial charge on any atom is -0.383 e. The Balaban J connectivity index is 2.29. The highest BCUT2D eigenvalue weighted by Crippen LogP contribution is 2.56. The fourth-order valence-electron chi connectivity index (χ4n) is 2.46. The van der Waals surface area contributed by atoms with Gasteiger partial charge in [0.15, 0.2) is 5.69 Å². The van der Waals surface area contributed by atoms with E-state index in [1.54, 1.807) is 0 Å². The van der Waals surface area contributed by atoms with Crippen LogP contribution in [0.5, 0.6) is 0 Å². The van der Waals surface area contributed by atoms with Gasteiger partial charge in [0.05, 0.1) is 26.1 Å². The smallest absolute Gasteiger partial charge is 0.383 e. The summed E-state index contributed by atoms with van der Waals surface area (Å²) in [6, 6.07) is 1.76. The van der Waals surface area contributed by atoms with Gasteiger partial charge in [0.1, 0.15) is 17.6 Å². The highest BCUT2D eigenvalue weighted by molar-refractivity contribution is 8.00. The molecule has 0 spiro atoms. The Morgan fingerprint density at radius 2 is 1.82 bits per heavy atom. The summed E-state index contributed by atoms with van der Waals surface area (Å²) in [6.45, 7) is 0. The molecule has 0 unspecified atom stereocenters. The summed E-state index contributed by atoms with van der Waals surface area (Å²) in [5.41, 5.74) is -3.59. The van der Waals surface area contributed by atoms with E-state index < -0.39 is 72.8 Å². The first kappa shape index (κ1) is 20.8. The average Bonchev–Trinajstić information content (AvgIpc) is 2.90. The van der Waals surface area contributed by atoms with Gasteiger partial charge in [-0.3, -0.25) is 0 Å². The zero-order valence-electron chi connectivity index (χ0n) is 12.7. The molecule has 2 N–H and O–H groups in total. The van der Waals surface area contributed by atoms with E-state index in [0.29, 0.717) is 10.7 Å². The summed E-state index contributed by atoms with van der Waals surface area (Å²) in [6.07, 6.45) is -8.95. The van der Waals surface area contributed by atoms with E-state index in [2.05, 4.69) is 9.84 Å². The van der Waals surface area contributed by atoms with Gasteiger partial charge < -0.3 is 5.73 Å². The van der Waals surface area contributed by atoms with Crippen molar-refractivity contribution in [3.05, 3.63) is 32.9 Å². The lowest BCUT2D eigenvalue weighted by molar-refractivity contribution is -0.369. The van der Waals surface area contributed by atoms with Crippen molar-refractivity contribution in [2.24, 2.45) is 0 Å². The quantitative estimate of drug-likeness (QED) is 0.475. The van der Waals surface area contributed by atoms with Crippen molar-refractivity contribution in [2.45, 2.75) is 22.6 Å². The molecule has 150 valence electrons. The first-order valence-corrected chi connectivity index (χ1v) is 8.30. The highest BCUT2D eigenvalue weighted by atomic mass is 35.5. The molecule has 1 aliphatic rings. The van der Waals surface area contributed by atoms with E-state index in [4.69, 9.17) is 34.2 Å². The summed E-state index contributed by atoms with van der Waals surface area (Å²) < 4.78 is 97.0. The van der Waals surface area contributed by atoms with Crippen molar-refractivity contribution in [1.82, 2.24) is 9.78 Å². The molecular formula is C13H3Cl2F7N4OS. The number of anilines is 1. The van der Waals surface area contributed by atoms with Gasteiger partial charge in [-0.25, -0.2) is 9.42 Å². The maximum Gasteiger partial charge on any atom is 0.446 e. The summed E-state index contributed by atoms with van der Waals surface area (Å²) in [7, 11) is 0. The maximum atomic E-state index is 13.9. The van der Waals surface area contributed by atoms with Crippen LogP contribution >= 0.6 is 35.0 Å². The van der Waals surface area contributed by atoms with Crippen LogP contribution in [0.2, 0.25) is 10.0 Å². The summed E-state index contributed by atoms with van der Waals surface area (Å²) in [4.78, 5) is -0.837. The topological polar surface area (TPSA) is 76.9 Å². The van der Waals surface area contributed by atoms with Gasteiger partial charge in [0.2, 0.25) is 0 Å². The zero-order chi connectivity index (χ0) is 21.2. The maximum absolute atomic E-state index is 13.9. The number of alkyl halides is 7. The Kier molecular flexibility index (Phi) is 4.70. The number of hydrogen-bond donors (Lipinski definition) is 1. The van der Waals surface area contributed by atoms with Crippen molar-refractivity contribution in [3.63, 3.8) is 0 Å². The number of aromatic nitrogens is 2. The fraction of sp³-hybridized carbons (Fsp3) is 0.231. The van der Waals surface area contributed by atoms with Crippen molar-refractivity contribution in [3.8, 4) is 11.8 Å². The lowest BCUT2D eigenvalue weighted by Gasteiger charge is -2.15. The third-order valence-corrected chi connectivity index (χ3v) is 4.96. The number of benzene rings is 1. The minimum atomic E-state index is -4.86. The molecule has 0 saturated carbocycles. The van der Waals surface area contributed by atoms with Crippen LogP contribution in [0.15, 0.2) is 11.0 Å². The first-order chi connectivity index (χ1) is 12.7. The molecule has 15 heteroatoms. The van der Waals surface area contributed by atoms with Gasteiger partial charge in [-0.15, -0.1) is 0 Å². The number of hydrogen-bond acceptors (Lipinski definition) is 5. The van der Waals surface area contributed by atoms with Crippen molar-refractivity contribution in [2.75, 3.05) is 5.73 Å². The SMILES string of the molecule is N#Cc1nn(-c2c(Cl)cc3c(c2Cl)C(F)(F)OC3(F)F)c(N)c1SC(F)(F)F. The van der Waals surface area contributed by atoms with E-state index >= 15 is 0 Å². The van der Waals surface area contributed by atoms with E-state index in [1.807, 2.05) is 0 Å². The zero-order valence-corrected chi connectivity index (χ0v) is 15.0. The molecule has 0 bridgehead atoms. The molecule has 5 nitrogen and oxygen atoms in total. The molecule has 0 aliphatic carbocycles. The number of ether oxygens (including phenoxy) is 1. The third kappa shape index (κ3) is 3.24. The average molecular weight is 467 g/mol. The molecule has 1 aliphatic heterocycles. The summed E-state index contributed by atoms with van der Waals surface area (Å²) >= 11 is 10.9. The number of fused-ring (bicyclic) bond motifs is 1. The van der Waals surface area contributed by atoms with Crippen molar-refractivity contribution < 1.29 is 35.5 Å². The minimum absolute atomic E-state index is 0.393. The Bertz CT molecular complexity index is 1030. The fourth-order valence-corrected chi connectivity index (χ4v) is 3.79. The van der Waals surface area contributed by atoms with Gasteiger partial charge in [-0.2, -0.15) is 41.1 Å². The number of thioether (sulfide) groups is 1. The Hall–Kier alpha value is -1.88. The van der Waals surface area contributed by atoms with Gasteiger partial charge in [-0.1, -0.05) is 23.2 Å². The van der Waals surface area contributed by atoms with Crippen molar-refractivity contribution in [1.29, 1.82) is 5.26 Å². The van der Waals surface area contributed by atoms with E-state index in [-0.39, 0.29) is 0 Å². The first-order valence-electron chi connectivity index (χ1n) is 6.73. The lowest BCUT2D eigenvalue weighted by Crippen LogP contribution is -2.18. The molecule has 2 aromatic rings. The van der Waals surface area contributed by atoms with Crippen LogP contribution in [0.4, 0.5) is 36.6 Å². The number of nitrogens with zero attached hydrogens (tertiary/aromatic N) is 3. The molecule has 0 radical (unpaired) electrons. The lowest BCUT2D eigenvalue weighted by atomic mass is 10.1. The summed E-state index contributed by atoms with van der Waals surface area (Å²) in [5.74, 6) is -0.809. The second kappa shape index (κ2) is 6.31. The molecule has 1 aromatic carbocycles. The second-order valence-corrected chi connectivity index (χ2v) is 7.07. The van der Waals surface area contributed by atoms with Gasteiger partial charge >= 0.3 is 17.7 Å².